The second-order valence-electron chi connectivity index (χ2n) is 13.5. The lowest BCUT2D eigenvalue weighted by molar-refractivity contribution is -0.645. The highest BCUT2D eigenvalue weighted by Gasteiger charge is 2.76. The molecule has 12 heteroatoms. The molecular formula is C29H37NO10S. The lowest BCUT2D eigenvalue weighted by Crippen LogP contribution is -2.76. The molecule has 4 aliphatic carbocycles. The lowest BCUT2D eigenvalue weighted by atomic mass is 9.47. The Morgan fingerprint density at radius 3 is 2.20 bits per heavy atom. The molecule has 2 saturated heterocycles. The maximum absolute atomic E-state index is 11.7. The molecule has 224 valence electrons. The smallest absolute Gasteiger partial charge is 0.335 e. The Morgan fingerprint density at radius 1 is 1.00 bits per heavy atom. The van der Waals surface area contributed by atoms with Crippen LogP contribution in [-0.2, 0) is 35.2 Å². The van der Waals surface area contributed by atoms with Crippen LogP contribution in [0.4, 0.5) is 0 Å². The number of aromatic nitrogens is 1. The Kier molecular flexibility index (Phi) is 6.33. The standard InChI is InChI=1S/C29H37NO10S/c1-27(2,3)26-30-19-17(37-25-22(33)20(31)21(32)23(38-25)24(34)35)10-16(11-18(19)41-26)29(36-4)28(39-40-29)14-6-12-5-13(8-14)9-15(28)7-12/h10-15,20-23,25,31-33H,5-9H2,1-4H3,(H,34,35). The Labute approximate surface area is 241 Å². The third kappa shape index (κ3) is 3.88. The van der Waals surface area contributed by atoms with E-state index in [0.717, 1.165) is 35.4 Å². The molecule has 11 nitrogen and oxygen atoms in total. The van der Waals surface area contributed by atoms with E-state index in [2.05, 4.69) is 20.8 Å². The molecule has 6 unspecified atom stereocenters. The molecule has 4 N–H and O–H groups in total. The van der Waals surface area contributed by atoms with Crippen molar-refractivity contribution in [2.24, 2.45) is 23.7 Å². The van der Waals surface area contributed by atoms with Crippen LogP contribution in [0.2, 0.25) is 0 Å². The van der Waals surface area contributed by atoms with Crippen molar-refractivity contribution in [2.45, 2.75) is 100 Å². The van der Waals surface area contributed by atoms with Gasteiger partial charge < -0.3 is 34.6 Å². The molecule has 8 rings (SSSR count). The number of rotatable bonds is 5. The molecule has 6 atom stereocenters. The maximum atomic E-state index is 11.7. The summed E-state index contributed by atoms with van der Waals surface area (Å²) in [5, 5.41) is 41.6. The summed E-state index contributed by atoms with van der Waals surface area (Å²) in [7, 11) is 1.62. The highest BCUT2D eigenvalue weighted by atomic mass is 32.1. The van der Waals surface area contributed by atoms with Gasteiger partial charge in [-0.1, -0.05) is 20.8 Å². The monoisotopic (exact) mass is 591 g/mol. The molecule has 1 aromatic heterocycles. The van der Waals surface area contributed by atoms with Gasteiger partial charge in [0.15, 0.2) is 17.5 Å². The number of hydrogen-bond acceptors (Lipinski definition) is 11. The number of carboxylic acids is 1. The minimum Gasteiger partial charge on any atom is -0.479 e. The van der Waals surface area contributed by atoms with Gasteiger partial charge in [-0.25, -0.2) is 14.7 Å². The number of aliphatic hydroxyl groups excluding tert-OH is 3. The highest BCUT2D eigenvalue weighted by Crippen LogP contribution is 2.69. The molecule has 3 heterocycles. The first-order valence-corrected chi connectivity index (χ1v) is 15.2. The van der Waals surface area contributed by atoms with Gasteiger partial charge in [0, 0.05) is 18.1 Å². The summed E-state index contributed by atoms with van der Waals surface area (Å²) < 4.78 is 18.6. The van der Waals surface area contributed by atoms with Crippen LogP contribution >= 0.6 is 11.3 Å². The van der Waals surface area contributed by atoms with Crippen molar-refractivity contribution in [3.05, 3.63) is 22.7 Å². The Balaban J connectivity index is 1.33. The normalized spacial score (nSPS) is 43.4. The zero-order chi connectivity index (χ0) is 29.1. The summed E-state index contributed by atoms with van der Waals surface area (Å²) in [5.74, 6) is -0.486. The van der Waals surface area contributed by atoms with E-state index < -0.39 is 48.1 Å². The van der Waals surface area contributed by atoms with Gasteiger partial charge in [0.1, 0.15) is 23.8 Å². The van der Waals surface area contributed by atoms with Gasteiger partial charge in [0.05, 0.1) is 9.71 Å². The van der Waals surface area contributed by atoms with Crippen molar-refractivity contribution in [3.8, 4) is 5.75 Å². The number of ether oxygens (including phenoxy) is 3. The molecule has 2 aliphatic heterocycles. The summed E-state index contributed by atoms with van der Waals surface area (Å²) >= 11 is 1.50. The first kappa shape index (κ1) is 27.9. The van der Waals surface area contributed by atoms with E-state index in [1.165, 1.54) is 17.8 Å². The molecule has 41 heavy (non-hydrogen) atoms. The fourth-order valence-corrected chi connectivity index (χ4v) is 9.31. The Bertz CT molecular complexity index is 1340. The van der Waals surface area contributed by atoms with Crippen molar-refractivity contribution < 1.29 is 49.2 Å². The number of nitrogens with zero attached hydrogens (tertiary/aromatic N) is 1. The summed E-state index contributed by atoms with van der Waals surface area (Å²) in [6, 6.07) is 3.72. The van der Waals surface area contributed by atoms with E-state index >= 15 is 0 Å². The number of aliphatic carboxylic acids is 1. The Morgan fingerprint density at radius 2 is 1.66 bits per heavy atom. The number of hydrogen-bond donors (Lipinski definition) is 4. The van der Waals surface area contributed by atoms with Gasteiger partial charge in [0.25, 0.3) is 5.79 Å². The highest BCUT2D eigenvalue weighted by molar-refractivity contribution is 7.18. The molecule has 6 aliphatic rings. The van der Waals surface area contributed by atoms with E-state index in [0.29, 0.717) is 22.9 Å². The minimum atomic E-state index is -1.82. The predicted molar refractivity (Wildman–Crippen MR) is 144 cm³/mol. The van der Waals surface area contributed by atoms with Crippen LogP contribution in [0.1, 0.15) is 63.4 Å². The quantitative estimate of drug-likeness (QED) is 0.379. The first-order valence-electron chi connectivity index (χ1n) is 14.3. The average molecular weight is 592 g/mol. The zero-order valence-electron chi connectivity index (χ0n) is 23.5. The number of fused-ring (bicyclic) bond motifs is 1. The third-order valence-corrected chi connectivity index (χ3v) is 11.4. The molecule has 1 aromatic carbocycles. The molecule has 1 spiro atoms. The van der Waals surface area contributed by atoms with Crippen LogP contribution in [0.25, 0.3) is 10.2 Å². The fourth-order valence-electron chi connectivity index (χ4n) is 8.23. The number of methoxy groups -OCH3 is 1. The topological polar surface area (TPSA) is 157 Å². The third-order valence-electron chi connectivity index (χ3n) is 9.99. The molecular weight excluding hydrogens is 554 g/mol. The second kappa shape index (κ2) is 9.30. The minimum absolute atomic E-state index is 0.215. The van der Waals surface area contributed by atoms with Crippen LogP contribution < -0.4 is 4.74 Å². The predicted octanol–water partition coefficient (Wildman–Crippen LogP) is 2.82. The summed E-state index contributed by atoms with van der Waals surface area (Å²) in [6.07, 6.45) is -3.14. The average Bonchev–Trinajstić information content (AvgIpc) is 3.34. The zero-order valence-corrected chi connectivity index (χ0v) is 24.3. The molecule has 0 amide bonds. The van der Waals surface area contributed by atoms with Gasteiger partial charge in [-0.3, -0.25) is 0 Å². The van der Waals surface area contributed by atoms with Crippen molar-refractivity contribution in [2.75, 3.05) is 7.11 Å². The second-order valence-corrected chi connectivity index (χ2v) is 14.6. The summed E-state index contributed by atoms with van der Waals surface area (Å²) in [4.78, 5) is 28.7. The molecule has 4 saturated carbocycles. The molecule has 6 fully saturated rings. The number of benzene rings is 1. The number of aliphatic hydroxyl groups is 3. The van der Waals surface area contributed by atoms with E-state index in [4.69, 9.17) is 29.0 Å². The first-order chi connectivity index (χ1) is 19.4. The maximum Gasteiger partial charge on any atom is 0.335 e. The lowest BCUT2D eigenvalue weighted by Gasteiger charge is -2.68. The molecule has 0 radical (unpaired) electrons. The van der Waals surface area contributed by atoms with Crippen LogP contribution in [0, 0.1) is 23.7 Å². The van der Waals surface area contributed by atoms with Gasteiger partial charge in [-0.15, -0.1) is 11.3 Å². The SMILES string of the molecule is COC1(c2cc(OC3OC(C(=O)O)C(O)C(O)C3O)c3nc(C(C)(C)C)sc3c2)OOC12C1CC3CC(C1)CC2C3. The van der Waals surface area contributed by atoms with Gasteiger partial charge in [-0.2, -0.15) is 4.89 Å². The summed E-state index contributed by atoms with van der Waals surface area (Å²) in [5.41, 5.74) is 0.255. The Hall–Kier alpha value is -1.90. The summed E-state index contributed by atoms with van der Waals surface area (Å²) in [6.45, 7) is 6.16. The van der Waals surface area contributed by atoms with E-state index in [9.17, 15) is 25.2 Å². The van der Waals surface area contributed by atoms with Crippen molar-refractivity contribution in [1.82, 2.24) is 4.98 Å². The molecule has 4 bridgehead atoms. The van der Waals surface area contributed by atoms with E-state index in [-0.39, 0.29) is 23.0 Å². The van der Waals surface area contributed by atoms with Crippen LogP contribution in [0.3, 0.4) is 0 Å². The largest absolute Gasteiger partial charge is 0.479 e. The van der Waals surface area contributed by atoms with E-state index in [1.54, 1.807) is 13.2 Å². The van der Waals surface area contributed by atoms with Gasteiger partial charge in [0.2, 0.25) is 6.29 Å². The van der Waals surface area contributed by atoms with Crippen molar-refractivity contribution >= 4 is 27.5 Å². The number of thiazole rings is 1. The number of carboxylic acid groups (broad SMARTS) is 1. The van der Waals surface area contributed by atoms with Crippen molar-refractivity contribution in [1.29, 1.82) is 0 Å². The number of carbonyl (C=O) groups is 1. The molecule has 2 aromatic rings. The van der Waals surface area contributed by atoms with Gasteiger partial charge in [-0.05, 0) is 67.9 Å². The fraction of sp³-hybridized carbons (Fsp3) is 0.724. The van der Waals surface area contributed by atoms with Crippen LogP contribution in [0.15, 0.2) is 12.1 Å². The van der Waals surface area contributed by atoms with E-state index in [1.807, 2.05) is 6.07 Å². The van der Waals surface area contributed by atoms with Crippen molar-refractivity contribution in [3.63, 3.8) is 0 Å². The van der Waals surface area contributed by atoms with Gasteiger partial charge >= 0.3 is 5.97 Å². The van der Waals surface area contributed by atoms with Crippen LogP contribution in [-0.4, -0.2) is 74.8 Å². The van der Waals surface area contributed by atoms with Crippen LogP contribution in [0.5, 0.6) is 5.75 Å².